The van der Waals surface area contributed by atoms with Crippen molar-refractivity contribution in [3.8, 4) is 0 Å². The summed E-state index contributed by atoms with van der Waals surface area (Å²) < 4.78 is 26.7. The molecule has 1 aromatic carbocycles. The standard InChI is InChI=1S/C13H18Cl2N2O2S/c1-13(16-2)5-7-17(8-6-13)20(18,19)12-9-10(14)3-4-11(12)15/h3-4,9,16H,5-8H2,1-2H3. The molecule has 1 aromatic rings. The molecule has 1 heterocycles. The number of rotatable bonds is 3. The lowest BCUT2D eigenvalue weighted by Crippen LogP contribution is -2.51. The van der Waals surface area contributed by atoms with E-state index in [4.69, 9.17) is 23.2 Å². The Balaban J connectivity index is 2.26. The highest BCUT2D eigenvalue weighted by atomic mass is 35.5. The highest BCUT2D eigenvalue weighted by molar-refractivity contribution is 7.89. The van der Waals surface area contributed by atoms with Crippen molar-refractivity contribution in [1.29, 1.82) is 0 Å². The Kier molecular flexibility index (Phi) is 4.66. The molecule has 0 amide bonds. The van der Waals surface area contributed by atoms with Gasteiger partial charge in [-0.15, -0.1) is 0 Å². The largest absolute Gasteiger partial charge is 0.314 e. The molecule has 0 atom stereocenters. The molecule has 1 saturated heterocycles. The number of nitrogens with zero attached hydrogens (tertiary/aromatic N) is 1. The lowest BCUT2D eigenvalue weighted by Gasteiger charge is -2.38. The Bertz CT molecular complexity index is 596. The van der Waals surface area contributed by atoms with E-state index in [1.54, 1.807) is 6.07 Å². The van der Waals surface area contributed by atoms with Crippen LogP contribution in [-0.2, 0) is 10.0 Å². The van der Waals surface area contributed by atoms with Gasteiger partial charge in [-0.25, -0.2) is 8.42 Å². The molecule has 0 bridgehead atoms. The van der Waals surface area contributed by atoms with Crippen molar-refractivity contribution < 1.29 is 8.42 Å². The number of sulfonamides is 1. The molecule has 112 valence electrons. The van der Waals surface area contributed by atoms with Crippen LogP contribution in [0.1, 0.15) is 19.8 Å². The first-order valence-corrected chi connectivity index (χ1v) is 8.62. The zero-order valence-corrected chi connectivity index (χ0v) is 13.8. The summed E-state index contributed by atoms with van der Waals surface area (Å²) in [5.74, 6) is 0. The van der Waals surface area contributed by atoms with Gasteiger partial charge in [0.15, 0.2) is 0 Å². The fraction of sp³-hybridized carbons (Fsp3) is 0.538. The smallest absolute Gasteiger partial charge is 0.244 e. The highest BCUT2D eigenvalue weighted by Gasteiger charge is 2.35. The number of hydrogen-bond donors (Lipinski definition) is 1. The van der Waals surface area contributed by atoms with Crippen LogP contribution in [0.4, 0.5) is 0 Å². The van der Waals surface area contributed by atoms with Crippen LogP contribution in [0.15, 0.2) is 23.1 Å². The van der Waals surface area contributed by atoms with Gasteiger partial charge in [0.2, 0.25) is 10.0 Å². The lowest BCUT2D eigenvalue weighted by molar-refractivity contribution is 0.219. The topological polar surface area (TPSA) is 49.4 Å². The van der Waals surface area contributed by atoms with E-state index in [-0.39, 0.29) is 15.5 Å². The van der Waals surface area contributed by atoms with Gasteiger partial charge in [-0.2, -0.15) is 4.31 Å². The molecular formula is C13H18Cl2N2O2S. The first kappa shape index (κ1) is 16.0. The van der Waals surface area contributed by atoms with Crippen LogP contribution in [0.25, 0.3) is 0 Å². The van der Waals surface area contributed by atoms with Gasteiger partial charge in [-0.1, -0.05) is 23.2 Å². The molecule has 1 fully saturated rings. The molecule has 4 nitrogen and oxygen atoms in total. The molecule has 1 aliphatic heterocycles. The molecule has 0 radical (unpaired) electrons. The van der Waals surface area contributed by atoms with E-state index in [9.17, 15) is 8.42 Å². The summed E-state index contributed by atoms with van der Waals surface area (Å²) >= 11 is 11.9. The summed E-state index contributed by atoms with van der Waals surface area (Å²) in [6.45, 7) is 3.05. The van der Waals surface area contributed by atoms with Gasteiger partial charge in [0.1, 0.15) is 4.90 Å². The maximum atomic E-state index is 12.6. The van der Waals surface area contributed by atoms with Crippen molar-refractivity contribution in [2.24, 2.45) is 0 Å². The number of piperidine rings is 1. The van der Waals surface area contributed by atoms with E-state index in [0.29, 0.717) is 18.1 Å². The Morgan fingerprint density at radius 1 is 1.25 bits per heavy atom. The van der Waals surface area contributed by atoms with E-state index in [0.717, 1.165) is 12.8 Å². The third kappa shape index (κ3) is 3.12. The van der Waals surface area contributed by atoms with Gasteiger partial charge in [0.25, 0.3) is 0 Å². The fourth-order valence-electron chi connectivity index (χ4n) is 2.28. The SMILES string of the molecule is CNC1(C)CCN(S(=O)(=O)c2cc(Cl)ccc2Cl)CC1. The van der Waals surface area contributed by atoms with E-state index >= 15 is 0 Å². The van der Waals surface area contributed by atoms with Crippen LogP contribution in [0.2, 0.25) is 10.0 Å². The van der Waals surface area contributed by atoms with E-state index in [1.807, 2.05) is 7.05 Å². The van der Waals surface area contributed by atoms with Crippen molar-refractivity contribution in [3.63, 3.8) is 0 Å². The highest BCUT2D eigenvalue weighted by Crippen LogP contribution is 2.31. The van der Waals surface area contributed by atoms with Gasteiger partial charge >= 0.3 is 0 Å². The molecule has 1 aliphatic rings. The van der Waals surface area contributed by atoms with Crippen molar-refractivity contribution in [2.45, 2.75) is 30.2 Å². The fourth-order valence-corrected chi connectivity index (χ4v) is 4.46. The van der Waals surface area contributed by atoms with Crippen molar-refractivity contribution in [2.75, 3.05) is 20.1 Å². The average Bonchev–Trinajstić information content (AvgIpc) is 2.42. The summed E-state index contributed by atoms with van der Waals surface area (Å²) in [6, 6.07) is 4.50. The Labute approximate surface area is 130 Å². The van der Waals surface area contributed by atoms with Crippen LogP contribution in [0, 0.1) is 0 Å². The van der Waals surface area contributed by atoms with E-state index < -0.39 is 10.0 Å². The molecule has 0 aromatic heterocycles. The molecule has 7 heteroatoms. The van der Waals surface area contributed by atoms with Gasteiger partial charge in [0.05, 0.1) is 5.02 Å². The minimum absolute atomic E-state index is 0.00977. The van der Waals surface area contributed by atoms with Crippen molar-refractivity contribution in [3.05, 3.63) is 28.2 Å². The van der Waals surface area contributed by atoms with Gasteiger partial charge in [-0.3, -0.25) is 0 Å². The summed E-state index contributed by atoms with van der Waals surface area (Å²) in [4.78, 5) is 0.0831. The van der Waals surface area contributed by atoms with Gasteiger partial charge in [0, 0.05) is 23.7 Å². The third-order valence-electron chi connectivity index (χ3n) is 3.94. The zero-order chi connectivity index (χ0) is 15.0. The Morgan fingerprint density at radius 3 is 2.40 bits per heavy atom. The lowest BCUT2D eigenvalue weighted by atomic mass is 9.91. The quantitative estimate of drug-likeness (QED) is 0.923. The number of hydrogen-bond acceptors (Lipinski definition) is 3. The minimum atomic E-state index is -3.58. The first-order valence-electron chi connectivity index (χ1n) is 6.43. The minimum Gasteiger partial charge on any atom is -0.314 e. The summed E-state index contributed by atoms with van der Waals surface area (Å²) in [5.41, 5.74) is -0.00977. The molecule has 0 unspecified atom stereocenters. The second-order valence-electron chi connectivity index (χ2n) is 5.29. The summed E-state index contributed by atoms with van der Waals surface area (Å²) in [5, 5.41) is 3.81. The predicted molar refractivity (Wildman–Crippen MR) is 81.9 cm³/mol. The number of nitrogens with one attached hydrogen (secondary N) is 1. The average molecular weight is 337 g/mol. The van der Waals surface area contributed by atoms with Crippen LogP contribution in [0.3, 0.4) is 0 Å². The van der Waals surface area contributed by atoms with Gasteiger partial charge in [-0.05, 0) is 45.0 Å². The molecule has 0 aliphatic carbocycles. The maximum absolute atomic E-state index is 12.6. The first-order chi connectivity index (χ1) is 9.28. The molecule has 1 N–H and O–H groups in total. The third-order valence-corrected chi connectivity index (χ3v) is 6.56. The second-order valence-corrected chi connectivity index (χ2v) is 8.04. The van der Waals surface area contributed by atoms with Crippen LogP contribution >= 0.6 is 23.2 Å². The molecule has 20 heavy (non-hydrogen) atoms. The molecular weight excluding hydrogens is 319 g/mol. The zero-order valence-electron chi connectivity index (χ0n) is 11.5. The van der Waals surface area contributed by atoms with Crippen molar-refractivity contribution >= 4 is 33.2 Å². The Hall–Kier alpha value is -0.330. The predicted octanol–water partition coefficient (Wildman–Crippen LogP) is 2.76. The van der Waals surface area contributed by atoms with E-state index in [1.165, 1.54) is 16.4 Å². The van der Waals surface area contributed by atoms with E-state index in [2.05, 4.69) is 12.2 Å². The van der Waals surface area contributed by atoms with Crippen LogP contribution in [-0.4, -0.2) is 38.4 Å². The van der Waals surface area contributed by atoms with Crippen LogP contribution < -0.4 is 5.32 Å². The van der Waals surface area contributed by atoms with Crippen LogP contribution in [0.5, 0.6) is 0 Å². The molecule has 2 rings (SSSR count). The van der Waals surface area contributed by atoms with Gasteiger partial charge < -0.3 is 5.32 Å². The number of benzene rings is 1. The molecule has 0 saturated carbocycles. The maximum Gasteiger partial charge on any atom is 0.244 e. The normalized spacial score (nSPS) is 20.0. The number of halogens is 2. The Morgan fingerprint density at radius 2 is 1.85 bits per heavy atom. The second kappa shape index (κ2) is 5.81. The molecule has 0 spiro atoms. The summed E-state index contributed by atoms with van der Waals surface area (Å²) in [7, 11) is -1.68. The summed E-state index contributed by atoms with van der Waals surface area (Å²) in [6.07, 6.45) is 1.53. The van der Waals surface area contributed by atoms with Crippen molar-refractivity contribution in [1.82, 2.24) is 9.62 Å². The monoisotopic (exact) mass is 336 g/mol.